The molecule has 0 spiro atoms. The summed E-state index contributed by atoms with van der Waals surface area (Å²) in [5.74, 6) is 0.0681. The van der Waals surface area contributed by atoms with E-state index in [1.165, 1.54) is 5.56 Å². The van der Waals surface area contributed by atoms with E-state index in [-0.39, 0.29) is 5.91 Å². The highest BCUT2D eigenvalue weighted by molar-refractivity contribution is 6.30. The van der Waals surface area contributed by atoms with Gasteiger partial charge >= 0.3 is 0 Å². The lowest BCUT2D eigenvalue weighted by atomic mass is 9.64. The number of rotatable bonds is 4. The van der Waals surface area contributed by atoms with Crippen molar-refractivity contribution in [2.45, 2.75) is 24.7 Å². The standard InChI is InChI=1S/C23H20ClNO/c24-20-11-9-19(10-12-20)23(15-4-16-23)22(26)25-21-13-7-18(8-14-21)17-5-2-1-3-6-17/h1-3,5-14H,4,15-16H2,(H,25,26). The van der Waals surface area contributed by atoms with Crippen LogP contribution in [0.4, 0.5) is 5.69 Å². The van der Waals surface area contributed by atoms with Gasteiger partial charge in [-0.05, 0) is 53.8 Å². The Bertz CT molecular complexity index is 897. The van der Waals surface area contributed by atoms with Crippen molar-refractivity contribution in [2.24, 2.45) is 0 Å². The van der Waals surface area contributed by atoms with Crippen LogP contribution in [0.3, 0.4) is 0 Å². The number of halogens is 1. The first-order valence-corrected chi connectivity index (χ1v) is 9.28. The van der Waals surface area contributed by atoms with E-state index in [4.69, 9.17) is 11.6 Å². The van der Waals surface area contributed by atoms with E-state index in [0.717, 1.165) is 36.1 Å². The summed E-state index contributed by atoms with van der Waals surface area (Å²) in [7, 11) is 0. The van der Waals surface area contributed by atoms with Crippen LogP contribution < -0.4 is 5.32 Å². The minimum absolute atomic E-state index is 0.0681. The van der Waals surface area contributed by atoms with E-state index >= 15 is 0 Å². The number of benzene rings is 3. The molecule has 1 amide bonds. The van der Waals surface area contributed by atoms with Crippen molar-refractivity contribution < 1.29 is 4.79 Å². The summed E-state index contributed by atoms with van der Waals surface area (Å²) >= 11 is 6.00. The maximum absolute atomic E-state index is 13.0. The maximum Gasteiger partial charge on any atom is 0.235 e. The Balaban J connectivity index is 1.53. The van der Waals surface area contributed by atoms with E-state index < -0.39 is 5.41 Å². The summed E-state index contributed by atoms with van der Waals surface area (Å²) in [5.41, 5.74) is 3.76. The Labute approximate surface area is 158 Å². The van der Waals surface area contributed by atoms with Gasteiger partial charge in [0.2, 0.25) is 5.91 Å². The third-order valence-electron chi connectivity index (χ3n) is 5.29. The van der Waals surface area contributed by atoms with Crippen LogP contribution in [0, 0.1) is 0 Å². The minimum atomic E-state index is -0.428. The lowest BCUT2D eigenvalue weighted by Crippen LogP contribution is -2.45. The van der Waals surface area contributed by atoms with Crippen LogP contribution in [-0.4, -0.2) is 5.91 Å². The highest BCUT2D eigenvalue weighted by Crippen LogP contribution is 2.44. The van der Waals surface area contributed by atoms with Gasteiger partial charge in [-0.2, -0.15) is 0 Å². The maximum atomic E-state index is 13.0. The van der Waals surface area contributed by atoms with Crippen molar-refractivity contribution in [1.29, 1.82) is 0 Å². The molecule has 0 aliphatic heterocycles. The van der Waals surface area contributed by atoms with Crippen LogP contribution in [0.2, 0.25) is 5.02 Å². The van der Waals surface area contributed by atoms with Crippen molar-refractivity contribution in [3.63, 3.8) is 0 Å². The number of hydrogen-bond acceptors (Lipinski definition) is 1. The second-order valence-electron chi connectivity index (χ2n) is 6.84. The number of amides is 1. The zero-order chi connectivity index (χ0) is 18.0. The topological polar surface area (TPSA) is 29.1 Å². The molecule has 0 unspecified atom stereocenters. The Hall–Kier alpha value is -2.58. The molecule has 3 aromatic carbocycles. The first kappa shape index (κ1) is 16.9. The first-order chi connectivity index (χ1) is 12.7. The third-order valence-corrected chi connectivity index (χ3v) is 5.54. The van der Waals surface area contributed by atoms with Crippen molar-refractivity contribution in [3.8, 4) is 11.1 Å². The molecule has 2 nitrogen and oxygen atoms in total. The van der Waals surface area contributed by atoms with Crippen molar-refractivity contribution in [2.75, 3.05) is 5.32 Å². The third kappa shape index (κ3) is 3.13. The Morgan fingerprint density at radius 1 is 0.808 bits per heavy atom. The largest absolute Gasteiger partial charge is 0.325 e. The van der Waals surface area contributed by atoms with Gasteiger partial charge in [0, 0.05) is 10.7 Å². The van der Waals surface area contributed by atoms with Gasteiger partial charge < -0.3 is 5.32 Å². The van der Waals surface area contributed by atoms with Gasteiger partial charge in [-0.25, -0.2) is 0 Å². The fraction of sp³-hybridized carbons (Fsp3) is 0.174. The summed E-state index contributed by atoms with van der Waals surface area (Å²) in [5, 5.41) is 3.80. The second-order valence-corrected chi connectivity index (χ2v) is 7.28. The molecule has 130 valence electrons. The second kappa shape index (κ2) is 6.97. The van der Waals surface area contributed by atoms with Gasteiger partial charge in [0.25, 0.3) is 0 Å². The molecule has 3 heteroatoms. The fourth-order valence-corrected chi connectivity index (χ4v) is 3.70. The molecule has 1 aliphatic carbocycles. The van der Waals surface area contributed by atoms with Crippen LogP contribution in [0.25, 0.3) is 11.1 Å². The predicted octanol–water partition coefficient (Wildman–Crippen LogP) is 6.07. The van der Waals surface area contributed by atoms with Crippen molar-refractivity contribution in [3.05, 3.63) is 89.4 Å². The predicted molar refractivity (Wildman–Crippen MR) is 107 cm³/mol. The summed E-state index contributed by atoms with van der Waals surface area (Å²) < 4.78 is 0. The highest BCUT2D eigenvalue weighted by Gasteiger charge is 2.45. The van der Waals surface area contributed by atoms with E-state index in [2.05, 4.69) is 17.4 Å². The monoisotopic (exact) mass is 361 g/mol. The van der Waals surface area contributed by atoms with Crippen LogP contribution in [-0.2, 0) is 10.2 Å². The highest BCUT2D eigenvalue weighted by atomic mass is 35.5. The van der Waals surface area contributed by atoms with Crippen molar-refractivity contribution >= 4 is 23.2 Å². The van der Waals surface area contributed by atoms with Gasteiger partial charge in [0.15, 0.2) is 0 Å². The molecule has 1 saturated carbocycles. The Morgan fingerprint density at radius 3 is 2.00 bits per heavy atom. The quantitative estimate of drug-likeness (QED) is 0.600. The average molecular weight is 362 g/mol. The lowest BCUT2D eigenvalue weighted by Gasteiger charge is -2.40. The molecule has 1 fully saturated rings. The molecule has 0 heterocycles. The van der Waals surface area contributed by atoms with Crippen LogP contribution in [0.1, 0.15) is 24.8 Å². The van der Waals surface area contributed by atoms with E-state index in [1.807, 2.05) is 66.7 Å². The molecular formula is C23H20ClNO. The SMILES string of the molecule is O=C(Nc1ccc(-c2ccccc2)cc1)C1(c2ccc(Cl)cc2)CCC1. The van der Waals surface area contributed by atoms with Gasteiger partial charge in [-0.1, -0.05) is 72.6 Å². The van der Waals surface area contributed by atoms with Crippen molar-refractivity contribution in [1.82, 2.24) is 0 Å². The van der Waals surface area contributed by atoms with Gasteiger partial charge in [0.05, 0.1) is 5.41 Å². The molecule has 0 radical (unpaired) electrons. The molecule has 0 saturated heterocycles. The zero-order valence-corrected chi connectivity index (χ0v) is 15.2. The van der Waals surface area contributed by atoms with E-state index in [9.17, 15) is 4.79 Å². The van der Waals surface area contributed by atoms with Crippen LogP contribution in [0.5, 0.6) is 0 Å². The lowest BCUT2D eigenvalue weighted by molar-refractivity contribution is -0.124. The molecule has 4 rings (SSSR count). The van der Waals surface area contributed by atoms with Crippen LogP contribution in [0.15, 0.2) is 78.9 Å². The smallest absolute Gasteiger partial charge is 0.235 e. The Morgan fingerprint density at radius 2 is 1.42 bits per heavy atom. The number of hydrogen-bond donors (Lipinski definition) is 1. The van der Waals surface area contributed by atoms with Crippen LogP contribution >= 0.6 is 11.6 Å². The normalized spacial score (nSPS) is 15.1. The number of carbonyl (C=O) groups excluding carboxylic acids is 1. The van der Waals surface area contributed by atoms with Gasteiger partial charge in [-0.15, -0.1) is 0 Å². The summed E-state index contributed by atoms with van der Waals surface area (Å²) in [6.07, 6.45) is 2.83. The molecule has 1 aliphatic rings. The van der Waals surface area contributed by atoms with Gasteiger partial charge in [0.1, 0.15) is 0 Å². The molecule has 0 aromatic heterocycles. The van der Waals surface area contributed by atoms with Gasteiger partial charge in [-0.3, -0.25) is 4.79 Å². The van der Waals surface area contributed by atoms with E-state index in [0.29, 0.717) is 5.02 Å². The molecular weight excluding hydrogens is 342 g/mol. The summed E-state index contributed by atoms with van der Waals surface area (Å²) in [6.45, 7) is 0. The number of nitrogens with one attached hydrogen (secondary N) is 1. The molecule has 26 heavy (non-hydrogen) atoms. The summed E-state index contributed by atoms with van der Waals surface area (Å²) in [6, 6.07) is 25.9. The first-order valence-electron chi connectivity index (χ1n) is 8.90. The zero-order valence-electron chi connectivity index (χ0n) is 14.4. The van der Waals surface area contributed by atoms with E-state index in [1.54, 1.807) is 0 Å². The average Bonchev–Trinajstić information content (AvgIpc) is 2.64. The summed E-state index contributed by atoms with van der Waals surface area (Å²) in [4.78, 5) is 13.0. The fourth-order valence-electron chi connectivity index (χ4n) is 3.57. The molecule has 3 aromatic rings. The molecule has 0 atom stereocenters. The Kier molecular flexibility index (Phi) is 4.52. The molecule has 0 bridgehead atoms. The number of anilines is 1. The number of carbonyl (C=O) groups is 1. The minimum Gasteiger partial charge on any atom is -0.325 e. The molecule has 1 N–H and O–H groups in total.